The Morgan fingerprint density at radius 2 is 1.89 bits per heavy atom. The van der Waals surface area contributed by atoms with E-state index in [-0.39, 0.29) is 5.69 Å². The highest BCUT2D eigenvalue weighted by molar-refractivity contribution is 5.77. The summed E-state index contributed by atoms with van der Waals surface area (Å²) in [7, 11) is 0. The van der Waals surface area contributed by atoms with E-state index in [0.717, 1.165) is 12.1 Å². The molecule has 3 nitrogen and oxygen atoms in total. The molecule has 19 heavy (non-hydrogen) atoms. The second kappa shape index (κ2) is 4.61. The Labute approximate surface area is 107 Å². The van der Waals surface area contributed by atoms with Gasteiger partial charge in [0.2, 0.25) is 0 Å². The van der Waals surface area contributed by atoms with Crippen LogP contribution in [-0.2, 0) is 6.18 Å². The number of nitrogens with two attached hydrogens (primary N) is 1. The quantitative estimate of drug-likeness (QED) is 0.803. The van der Waals surface area contributed by atoms with Crippen LogP contribution < -0.4 is 5.73 Å². The number of alkyl halides is 3. The minimum atomic E-state index is -4.43. The standard InChI is InChI=1S/C13H8F3N3/c14-13(15,16)10-1-2-11(12(18)4-10)9-3-8(5-17)6-19-7-9/h1-4,6-7H,18H2. The third-order valence-corrected chi connectivity index (χ3v) is 2.56. The van der Waals surface area contributed by atoms with E-state index in [9.17, 15) is 13.2 Å². The number of pyridine rings is 1. The van der Waals surface area contributed by atoms with Crippen molar-refractivity contribution in [3.05, 3.63) is 47.8 Å². The van der Waals surface area contributed by atoms with Crippen molar-refractivity contribution in [2.45, 2.75) is 6.18 Å². The van der Waals surface area contributed by atoms with Crippen LogP contribution in [0.25, 0.3) is 11.1 Å². The maximum absolute atomic E-state index is 12.5. The predicted molar refractivity (Wildman–Crippen MR) is 63.8 cm³/mol. The molecule has 0 spiro atoms. The average molecular weight is 263 g/mol. The Balaban J connectivity index is 2.50. The number of nitrogen functional groups attached to an aromatic ring is 1. The largest absolute Gasteiger partial charge is 0.416 e. The fourth-order valence-corrected chi connectivity index (χ4v) is 1.65. The van der Waals surface area contributed by atoms with E-state index in [1.807, 2.05) is 6.07 Å². The van der Waals surface area contributed by atoms with Gasteiger partial charge in [-0.1, -0.05) is 6.07 Å². The summed E-state index contributed by atoms with van der Waals surface area (Å²) in [5.41, 5.74) is 6.05. The summed E-state index contributed by atoms with van der Waals surface area (Å²) >= 11 is 0. The van der Waals surface area contributed by atoms with Crippen LogP contribution in [0.15, 0.2) is 36.7 Å². The summed E-state index contributed by atoms with van der Waals surface area (Å²) in [5, 5.41) is 8.76. The third-order valence-electron chi connectivity index (χ3n) is 2.56. The van der Waals surface area contributed by atoms with Crippen molar-refractivity contribution in [3.63, 3.8) is 0 Å². The molecule has 1 aromatic heterocycles. The van der Waals surface area contributed by atoms with Gasteiger partial charge < -0.3 is 5.73 Å². The zero-order chi connectivity index (χ0) is 14.0. The van der Waals surface area contributed by atoms with Crippen LogP contribution >= 0.6 is 0 Å². The lowest BCUT2D eigenvalue weighted by Crippen LogP contribution is -2.06. The third kappa shape index (κ3) is 2.65. The molecule has 0 aliphatic rings. The summed E-state index contributed by atoms with van der Waals surface area (Å²) in [6.45, 7) is 0. The van der Waals surface area contributed by atoms with Gasteiger partial charge in [0, 0.05) is 29.2 Å². The van der Waals surface area contributed by atoms with Gasteiger partial charge in [0.05, 0.1) is 11.1 Å². The maximum atomic E-state index is 12.5. The molecule has 0 fully saturated rings. The van der Waals surface area contributed by atoms with Gasteiger partial charge in [0.15, 0.2) is 0 Å². The van der Waals surface area contributed by atoms with Gasteiger partial charge in [-0.25, -0.2) is 0 Å². The zero-order valence-electron chi connectivity index (χ0n) is 9.57. The van der Waals surface area contributed by atoms with E-state index in [2.05, 4.69) is 4.98 Å². The van der Waals surface area contributed by atoms with Crippen LogP contribution in [0.2, 0.25) is 0 Å². The SMILES string of the molecule is N#Cc1cncc(-c2ccc(C(F)(F)F)cc2N)c1. The van der Waals surface area contributed by atoms with E-state index < -0.39 is 11.7 Å². The molecule has 2 aromatic rings. The lowest BCUT2D eigenvalue weighted by atomic mass is 10.0. The van der Waals surface area contributed by atoms with Gasteiger partial charge in [-0.3, -0.25) is 4.98 Å². The van der Waals surface area contributed by atoms with Gasteiger partial charge >= 0.3 is 6.18 Å². The van der Waals surface area contributed by atoms with Gasteiger partial charge in [-0.15, -0.1) is 0 Å². The molecule has 2 rings (SSSR count). The fraction of sp³-hybridized carbons (Fsp3) is 0.0769. The van der Waals surface area contributed by atoms with E-state index in [1.54, 1.807) is 0 Å². The normalized spacial score (nSPS) is 11.1. The van der Waals surface area contributed by atoms with Crippen molar-refractivity contribution in [1.29, 1.82) is 5.26 Å². The average Bonchev–Trinajstić information content (AvgIpc) is 2.37. The molecule has 0 aliphatic heterocycles. The number of anilines is 1. The highest BCUT2D eigenvalue weighted by Gasteiger charge is 2.30. The lowest BCUT2D eigenvalue weighted by Gasteiger charge is -2.10. The predicted octanol–water partition coefficient (Wildman–Crippen LogP) is 3.22. The summed E-state index contributed by atoms with van der Waals surface area (Å²) in [6.07, 6.45) is -1.62. The fourth-order valence-electron chi connectivity index (χ4n) is 1.65. The molecule has 1 heterocycles. The van der Waals surface area contributed by atoms with E-state index in [4.69, 9.17) is 11.0 Å². The number of benzene rings is 1. The van der Waals surface area contributed by atoms with Crippen molar-refractivity contribution in [2.75, 3.05) is 5.73 Å². The second-order valence-corrected chi connectivity index (χ2v) is 3.87. The van der Waals surface area contributed by atoms with Crippen LogP contribution in [0, 0.1) is 11.3 Å². The molecule has 0 amide bonds. The monoisotopic (exact) mass is 263 g/mol. The highest BCUT2D eigenvalue weighted by Crippen LogP contribution is 2.34. The van der Waals surface area contributed by atoms with Crippen molar-refractivity contribution in [3.8, 4) is 17.2 Å². The first-order valence-corrected chi connectivity index (χ1v) is 5.24. The van der Waals surface area contributed by atoms with Crippen molar-refractivity contribution < 1.29 is 13.2 Å². The number of nitrogens with zero attached hydrogens (tertiary/aromatic N) is 2. The first kappa shape index (κ1) is 12.9. The van der Waals surface area contributed by atoms with Crippen LogP contribution in [0.1, 0.15) is 11.1 Å². The van der Waals surface area contributed by atoms with Gasteiger partial charge in [-0.2, -0.15) is 18.4 Å². The Hall–Kier alpha value is -2.55. The summed E-state index contributed by atoms with van der Waals surface area (Å²) in [5.74, 6) is 0. The van der Waals surface area contributed by atoms with Gasteiger partial charge in [0.1, 0.15) is 6.07 Å². The van der Waals surface area contributed by atoms with Gasteiger partial charge in [0.25, 0.3) is 0 Å². The van der Waals surface area contributed by atoms with Gasteiger partial charge in [-0.05, 0) is 18.2 Å². The number of halogens is 3. The molecule has 0 unspecified atom stereocenters. The van der Waals surface area contributed by atoms with E-state index in [1.165, 1.54) is 24.5 Å². The molecular weight excluding hydrogens is 255 g/mol. The van der Waals surface area contributed by atoms with Crippen LogP contribution in [0.4, 0.5) is 18.9 Å². The molecule has 0 atom stereocenters. The van der Waals surface area contributed by atoms with Crippen molar-refractivity contribution >= 4 is 5.69 Å². The molecule has 96 valence electrons. The molecule has 6 heteroatoms. The van der Waals surface area contributed by atoms with Crippen LogP contribution in [-0.4, -0.2) is 4.98 Å². The molecular formula is C13H8F3N3. The summed E-state index contributed by atoms with van der Waals surface area (Å²) < 4.78 is 37.5. The van der Waals surface area contributed by atoms with Crippen molar-refractivity contribution in [2.24, 2.45) is 0 Å². The minimum Gasteiger partial charge on any atom is -0.398 e. The highest BCUT2D eigenvalue weighted by atomic mass is 19.4. The molecule has 2 N–H and O–H groups in total. The molecule has 0 aliphatic carbocycles. The summed E-state index contributed by atoms with van der Waals surface area (Å²) in [4.78, 5) is 3.84. The van der Waals surface area contributed by atoms with Crippen LogP contribution in [0.3, 0.4) is 0 Å². The van der Waals surface area contributed by atoms with Crippen LogP contribution in [0.5, 0.6) is 0 Å². The topological polar surface area (TPSA) is 62.7 Å². The zero-order valence-corrected chi connectivity index (χ0v) is 9.57. The number of hydrogen-bond donors (Lipinski definition) is 1. The smallest absolute Gasteiger partial charge is 0.398 e. The molecule has 0 radical (unpaired) electrons. The lowest BCUT2D eigenvalue weighted by molar-refractivity contribution is -0.137. The molecule has 0 bridgehead atoms. The van der Waals surface area contributed by atoms with E-state index >= 15 is 0 Å². The molecule has 1 aromatic carbocycles. The number of aromatic nitrogens is 1. The van der Waals surface area contributed by atoms with Crippen molar-refractivity contribution in [1.82, 2.24) is 4.98 Å². The Morgan fingerprint density at radius 3 is 2.47 bits per heavy atom. The second-order valence-electron chi connectivity index (χ2n) is 3.87. The number of nitriles is 1. The number of hydrogen-bond acceptors (Lipinski definition) is 3. The first-order valence-electron chi connectivity index (χ1n) is 5.24. The maximum Gasteiger partial charge on any atom is 0.416 e. The first-order chi connectivity index (χ1) is 8.91. The Bertz CT molecular complexity index is 657. The molecule has 0 saturated heterocycles. The Kier molecular flexibility index (Phi) is 3.13. The summed E-state index contributed by atoms with van der Waals surface area (Å²) in [6, 6.07) is 6.52. The number of rotatable bonds is 1. The van der Waals surface area contributed by atoms with E-state index in [0.29, 0.717) is 16.7 Å². The Morgan fingerprint density at radius 1 is 1.16 bits per heavy atom. The minimum absolute atomic E-state index is 0.00767. The molecule has 0 saturated carbocycles.